The Balaban J connectivity index is 3.83. The molecule has 0 bridgehead atoms. The predicted octanol–water partition coefficient (Wildman–Crippen LogP) is 2.42. The van der Waals surface area contributed by atoms with Gasteiger partial charge in [-0.15, -0.1) is 11.6 Å². The normalized spacial score (nSPS) is 12.0. The van der Waals surface area contributed by atoms with Crippen molar-refractivity contribution in [1.29, 1.82) is 0 Å². The van der Waals surface area contributed by atoms with Crippen molar-refractivity contribution >= 4 is 30.6 Å². The second-order valence-corrected chi connectivity index (χ2v) is 7.11. The topological polar surface area (TPSA) is 36.9 Å². The summed E-state index contributed by atoms with van der Waals surface area (Å²) in [6, 6.07) is 0.496. The largest absolute Gasteiger partial charge is 0.447 e. The number of ether oxygens (including phenoxy) is 2. The monoisotopic (exact) mass is 276 g/mol. The first-order valence-electron chi connectivity index (χ1n) is 4.86. The van der Waals surface area contributed by atoms with Crippen LogP contribution in [-0.2, 0) is 18.3 Å². The quantitative estimate of drug-likeness (QED) is 0.202. The molecule has 0 amide bonds. The summed E-state index contributed by atoms with van der Waals surface area (Å²) in [7, 11) is -2.73. The maximum absolute atomic E-state index is 6.16. The Morgan fingerprint density at radius 2 is 1.47 bits per heavy atom. The van der Waals surface area contributed by atoms with Gasteiger partial charge in [-0.05, 0) is 13.8 Å². The van der Waals surface area contributed by atoms with Gasteiger partial charge in [0.25, 0.3) is 0 Å². The molecule has 0 aromatic rings. The van der Waals surface area contributed by atoms with Gasteiger partial charge in [-0.3, -0.25) is 0 Å². The number of rotatable bonds is 10. The summed E-state index contributed by atoms with van der Waals surface area (Å²) >= 11 is 11.8. The summed E-state index contributed by atoms with van der Waals surface area (Å²) in [5.41, 5.74) is 0. The lowest BCUT2D eigenvalue weighted by molar-refractivity contribution is -0.0331. The minimum absolute atomic E-state index is 0.134. The van der Waals surface area contributed by atoms with Gasteiger partial charge in [-0.2, -0.15) is 0 Å². The number of halogens is 2. The zero-order valence-electron chi connectivity index (χ0n) is 9.13. The number of alkyl halides is 1. The molecule has 15 heavy (non-hydrogen) atoms. The molecule has 0 aromatic heterocycles. The highest BCUT2D eigenvalue weighted by molar-refractivity contribution is 7.13. The van der Waals surface area contributed by atoms with Crippen LogP contribution in [0.2, 0.25) is 6.04 Å². The molecule has 0 saturated heterocycles. The van der Waals surface area contributed by atoms with Crippen LogP contribution >= 0.6 is 22.7 Å². The molecule has 0 fully saturated rings. The SMILES string of the molecule is CCOCO[Si](Cl)(CCCl)OCOCC. The van der Waals surface area contributed by atoms with Crippen molar-refractivity contribution in [3.63, 3.8) is 0 Å². The fourth-order valence-electron chi connectivity index (χ4n) is 0.725. The van der Waals surface area contributed by atoms with Crippen molar-refractivity contribution in [2.75, 3.05) is 32.7 Å². The number of hydrogen-bond acceptors (Lipinski definition) is 4. The molecule has 0 aliphatic carbocycles. The van der Waals surface area contributed by atoms with Gasteiger partial charge in [-0.1, -0.05) is 11.1 Å². The lowest BCUT2D eigenvalue weighted by Crippen LogP contribution is -2.38. The van der Waals surface area contributed by atoms with Crippen LogP contribution in [0.25, 0.3) is 0 Å². The molecule has 0 rings (SSSR count). The summed E-state index contributed by atoms with van der Waals surface area (Å²) in [6.07, 6.45) is 0. The van der Waals surface area contributed by atoms with E-state index in [0.717, 1.165) is 0 Å². The van der Waals surface area contributed by atoms with Gasteiger partial charge < -0.3 is 18.3 Å². The van der Waals surface area contributed by atoms with Crippen molar-refractivity contribution in [3.8, 4) is 0 Å². The van der Waals surface area contributed by atoms with E-state index >= 15 is 0 Å². The third kappa shape index (κ3) is 8.44. The lowest BCUT2D eigenvalue weighted by atomic mass is 10.9. The molecule has 0 aliphatic heterocycles. The summed E-state index contributed by atoms with van der Waals surface area (Å²) < 4.78 is 20.8. The lowest BCUT2D eigenvalue weighted by Gasteiger charge is -2.22. The van der Waals surface area contributed by atoms with Crippen LogP contribution in [0.5, 0.6) is 0 Å². The Morgan fingerprint density at radius 1 is 1.00 bits per heavy atom. The van der Waals surface area contributed by atoms with Crippen LogP contribution in [0.15, 0.2) is 0 Å². The van der Waals surface area contributed by atoms with E-state index in [1.807, 2.05) is 13.8 Å². The van der Waals surface area contributed by atoms with Crippen LogP contribution < -0.4 is 0 Å². The van der Waals surface area contributed by atoms with Crippen LogP contribution in [0, 0.1) is 0 Å². The predicted molar refractivity (Wildman–Crippen MR) is 62.3 cm³/mol. The zero-order valence-corrected chi connectivity index (χ0v) is 11.6. The highest BCUT2D eigenvalue weighted by atomic mass is 35.6. The summed E-state index contributed by atoms with van der Waals surface area (Å²) in [5, 5.41) is 0. The minimum atomic E-state index is -2.73. The van der Waals surface area contributed by atoms with Crippen molar-refractivity contribution < 1.29 is 18.3 Å². The third-order valence-corrected chi connectivity index (χ3v) is 5.19. The second kappa shape index (κ2) is 9.83. The molecule has 0 unspecified atom stereocenters. The van der Waals surface area contributed by atoms with Gasteiger partial charge in [0.2, 0.25) is 0 Å². The Kier molecular flexibility index (Phi) is 10.3. The maximum Gasteiger partial charge on any atom is 0.447 e. The minimum Gasteiger partial charge on any atom is -0.359 e. The fraction of sp³-hybridized carbons (Fsp3) is 1.00. The van der Waals surface area contributed by atoms with Crippen LogP contribution in [0.3, 0.4) is 0 Å². The van der Waals surface area contributed by atoms with Crippen molar-refractivity contribution in [1.82, 2.24) is 0 Å². The van der Waals surface area contributed by atoms with E-state index in [1.165, 1.54) is 0 Å². The van der Waals surface area contributed by atoms with Gasteiger partial charge in [-0.25, -0.2) is 0 Å². The standard InChI is InChI=1S/C8H18Cl2O4Si/c1-3-11-7-13-15(10,6-5-9)14-8-12-4-2/h3-8H2,1-2H3. The molecule has 0 saturated carbocycles. The molecule has 0 heterocycles. The summed E-state index contributed by atoms with van der Waals surface area (Å²) in [6.45, 7) is 5.18. The molecule has 4 nitrogen and oxygen atoms in total. The molecular formula is C8H18Cl2O4Si. The molecule has 0 N–H and O–H groups in total. The first-order valence-corrected chi connectivity index (χ1v) is 8.43. The Morgan fingerprint density at radius 3 is 1.80 bits per heavy atom. The van der Waals surface area contributed by atoms with Crippen molar-refractivity contribution in [3.05, 3.63) is 0 Å². The summed E-state index contributed by atoms with van der Waals surface area (Å²) in [4.78, 5) is 0. The van der Waals surface area contributed by atoms with Gasteiger partial charge >= 0.3 is 7.87 Å². The van der Waals surface area contributed by atoms with Crippen LogP contribution in [-0.4, -0.2) is 40.6 Å². The van der Waals surface area contributed by atoms with E-state index in [9.17, 15) is 0 Å². The molecule has 7 heteroatoms. The molecule has 0 spiro atoms. The molecule has 0 aliphatic rings. The first kappa shape index (κ1) is 15.6. The molecule has 0 radical (unpaired) electrons. The van der Waals surface area contributed by atoms with E-state index in [0.29, 0.717) is 25.1 Å². The van der Waals surface area contributed by atoms with Crippen LogP contribution in [0.4, 0.5) is 0 Å². The summed E-state index contributed by atoms with van der Waals surface area (Å²) in [5.74, 6) is 0.397. The van der Waals surface area contributed by atoms with Gasteiger partial charge in [0.05, 0.1) is 0 Å². The zero-order chi connectivity index (χ0) is 11.6. The molecule has 92 valence electrons. The maximum atomic E-state index is 6.16. The van der Waals surface area contributed by atoms with E-state index < -0.39 is 7.87 Å². The second-order valence-electron chi connectivity index (χ2n) is 2.61. The highest BCUT2D eigenvalue weighted by Gasteiger charge is 2.35. The van der Waals surface area contributed by atoms with E-state index in [1.54, 1.807) is 0 Å². The van der Waals surface area contributed by atoms with Gasteiger partial charge in [0.15, 0.2) is 0 Å². The highest BCUT2D eigenvalue weighted by Crippen LogP contribution is 2.19. The molecule has 0 atom stereocenters. The third-order valence-electron chi connectivity index (χ3n) is 1.52. The average Bonchev–Trinajstić information content (AvgIpc) is 2.19. The van der Waals surface area contributed by atoms with Gasteiger partial charge in [0.1, 0.15) is 13.6 Å². The smallest absolute Gasteiger partial charge is 0.359 e. The Bertz CT molecular complexity index is 141. The van der Waals surface area contributed by atoms with E-state index in [4.69, 9.17) is 41.0 Å². The average molecular weight is 277 g/mol. The van der Waals surface area contributed by atoms with E-state index in [-0.39, 0.29) is 13.6 Å². The van der Waals surface area contributed by atoms with Crippen molar-refractivity contribution in [2.24, 2.45) is 0 Å². The van der Waals surface area contributed by atoms with Crippen molar-refractivity contribution in [2.45, 2.75) is 19.9 Å². The number of hydrogen-bond donors (Lipinski definition) is 0. The van der Waals surface area contributed by atoms with E-state index in [2.05, 4.69) is 0 Å². The molecular weight excluding hydrogens is 259 g/mol. The fourth-order valence-corrected chi connectivity index (χ4v) is 3.43. The Labute approximate surface area is 102 Å². The van der Waals surface area contributed by atoms with Gasteiger partial charge in [0, 0.05) is 25.1 Å². The van der Waals surface area contributed by atoms with Crippen LogP contribution in [0.1, 0.15) is 13.8 Å². The first-order chi connectivity index (χ1) is 7.18. The molecule has 0 aromatic carbocycles. The Hall–Kier alpha value is 0.637.